The van der Waals surface area contributed by atoms with Crippen LogP contribution in [-0.2, 0) is 11.3 Å². The molecule has 1 atom stereocenters. The second-order valence-corrected chi connectivity index (χ2v) is 6.32. The third-order valence-corrected chi connectivity index (χ3v) is 4.53. The summed E-state index contributed by atoms with van der Waals surface area (Å²) < 4.78 is 0. The molecule has 1 saturated heterocycles. The molecule has 0 aromatic carbocycles. The highest BCUT2D eigenvalue weighted by molar-refractivity contribution is 5.76. The smallest absolute Gasteiger partial charge is 0.223 e. The quantitative estimate of drug-likeness (QED) is 0.873. The Kier molecular flexibility index (Phi) is 4.86. The van der Waals surface area contributed by atoms with Gasteiger partial charge in [0.2, 0.25) is 5.91 Å². The van der Waals surface area contributed by atoms with E-state index >= 15 is 0 Å². The van der Waals surface area contributed by atoms with Crippen LogP contribution in [0.3, 0.4) is 0 Å². The molecule has 1 aliphatic heterocycles. The van der Waals surface area contributed by atoms with Crippen LogP contribution < -0.4 is 5.32 Å². The average Bonchev–Trinajstić information content (AvgIpc) is 3.37. The Labute approximate surface area is 126 Å². The van der Waals surface area contributed by atoms with Crippen molar-refractivity contribution in [3.63, 3.8) is 0 Å². The number of nitrogens with one attached hydrogen (secondary N) is 1. The summed E-state index contributed by atoms with van der Waals surface area (Å²) in [5.74, 6) is 0.993. The van der Waals surface area contributed by atoms with Crippen LogP contribution in [0.25, 0.3) is 0 Å². The van der Waals surface area contributed by atoms with Crippen LogP contribution in [0.5, 0.6) is 0 Å². The number of pyridine rings is 1. The van der Waals surface area contributed by atoms with Gasteiger partial charge in [-0.25, -0.2) is 0 Å². The lowest BCUT2D eigenvalue weighted by atomic mass is 9.94. The number of nitrogens with zero attached hydrogens (tertiary/aromatic N) is 2. The van der Waals surface area contributed by atoms with Gasteiger partial charge in [0.25, 0.3) is 0 Å². The molecule has 1 N–H and O–H groups in total. The van der Waals surface area contributed by atoms with Gasteiger partial charge in [0.05, 0.1) is 12.2 Å². The van der Waals surface area contributed by atoms with Gasteiger partial charge in [0, 0.05) is 18.7 Å². The third-order valence-electron chi connectivity index (χ3n) is 4.53. The molecule has 1 saturated carbocycles. The number of piperidine rings is 1. The van der Waals surface area contributed by atoms with Crippen molar-refractivity contribution in [2.45, 2.75) is 51.1 Å². The number of carbonyl (C=O) groups excluding carboxylic acids is 1. The lowest BCUT2D eigenvalue weighted by molar-refractivity contribution is -0.132. The van der Waals surface area contributed by atoms with Crippen molar-refractivity contribution in [3.05, 3.63) is 30.1 Å². The fraction of sp³-hybridized carbons (Fsp3) is 0.647. The first-order valence-electron chi connectivity index (χ1n) is 8.23. The summed E-state index contributed by atoms with van der Waals surface area (Å²) in [6.07, 6.45) is 8.35. The molecule has 3 rings (SSSR count). The predicted molar refractivity (Wildman–Crippen MR) is 82.6 cm³/mol. The highest BCUT2D eigenvalue weighted by Crippen LogP contribution is 2.29. The molecular formula is C17H25N3O. The van der Waals surface area contributed by atoms with Crippen LogP contribution in [-0.4, -0.2) is 34.9 Å². The number of hydrogen-bond acceptors (Lipinski definition) is 3. The summed E-state index contributed by atoms with van der Waals surface area (Å²) in [6.45, 7) is 2.89. The minimum atomic E-state index is 0.314. The van der Waals surface area contributed by atoms with Crippen LogP contribution in [0.1, 0.15) is 44.2 Å². The Bertz CT molecular complexity index is 452. The third kappa shape index (κ3) is 4.27. The first-order chi connectivity index (χ1) is 10.3. The topological polar surface area (TPSA) is 45.2 Å². The van der Waals surface area contributed by atoms with Crippen LogP contribution in [0, 0.1) is 5.92 Å². The Balaban J connectivity index is 1.52. The molecule has 0 bridgehead atoms. The second-order valence-electron chi connectivity index (χ2n) is 6.32. The zero-order chi connectivity index (χ0) is 14.5. The van der Waals surface area contributed by atoms with Crippen LogP contribution >= 0.6 is 0 Å². The number of rotatable bonds is 6. The Morgan fingerprint density at radius 1 is 1.33 bits per heavy atom. The molecule has 2 aliphatic rings. The van der Waals surface area contributed by atoms with Crippen molar-refractivity contribution in [1.82, 2.24) is 15.2 Å². The second kappa shape index (κ2) is 7.03. The molecule has 2 heterocycles. The Hall–Kier alpha value is -1.42. The van der Waals surface area contributed by atoms with E-state index in [0.717, 1.165) is 38.0 Å². The fourth-order valence-corrected chi connectivity index (χ4v) is 3.11. The van der Waals surface area contributed by atoms with Gasteiger partial charge in [-0.15, -0.1) is 0 Å². The van der Waals surface area contributed by atoms with E-state index < -0.39 is 0 Å². The van der Waals surface area contributed by atoms with Crippen molar-refractivity contribution in [2.75, 3.05) is 13.1 Å². The average molecular weight is 287 g/mol. The van der Waals surface area contributed by atoms with E-state index in [1.807, 2.05) is 18.2 Å². The molecule has 4 heteroatoms. The minimum Gasteiger partial charge on any atom is -0.334 e. The van der Waals surface area contributed by atoms with Crippen molar-refractivity contribution in [3.8, 4) is 0 Å². The summed E-state index contributed by atoms with van der Waals surface area (Å²) in [7, 11) is 0. The molecule has 4 nitrogen and oxygen atoms in total. The van der Waals surface area contributed by atoms with Crippen molar-refractivity contribution >= 4 is 5.91 Å². The minimum absolute atomic E-state index is 0.314. The SMILES string of the molecule is O=C(CCC1CCCNC1)N(Cc1ccccn1)C1CC1. The summed E-state index contributed by atoms with van der Waals surface area (Å²) in [5, 5.41) is 3.43. The summed E-state index contributed by atoms with van der Waals surface area (Å²) in [6, 6.07) is 6.38. The van der Waals surface area contributed by atoms with E-state index in [-0.39, 0.29) is 0 Å². The van der Waals surface area contributed by atoms with Crippen molar-refractivity contribution < 1.29 is 4.79 Å². The van der Waals surface area contributed by atoms with E-state index in [9.17, 15) is 4.79 Å². The van der Waals surface area contributed by atoms with Gasteiger partial charge in [-0.1, -0.05) is 6.07 Å². The standard InChI is InChI=1S/C17H25N3O/c21-17(9-6-14-4-3-10-18-12-14)20(16-7-8-16)13-15-5-1-2-11-19-15/h1-2,5,11,14,16,18H,3-4,6-10,12-13H2. The van der Waals surface area contributed by atoms with Gasteiger partial charge in [0.15, 0.2) is 0 Å². The van der Waals surface area contributed by atoms with Gasteiger partial charge in [-0.2, -0.15) is 0 Å². The van der Waals surface area contributed by atoms with E-state index in [1.54, 1.807) is 6.20 Å². The zero-order valence-corrected chi connectivity index (χ0v) is 12.6. The molecule has 1 aromatic heterocycles. The molecule has 1 aromatic rings. The fourth-order valence-electron chi connectivity index (χ4n) is 3.11. The predicted octanol–water partition coefficient (Wildman–Crippen LogP) is 2.35. The number of carbonyl (C=O) groups is 1. The molecule has 1 aliphatic carbocycles. The van der Waals surface area contributed by atoms with Crippen LogP contribution in [0.15, 0.2) is 24.4 Å². The Morgan fingerprint density at radius 3 is 2.90 bits per heavy atom. The molecule has 114 valence electrons. The normalized spacial score (nSPS) is 22.0. The van der Waals surface area contributed by atoms with E-state index in [4.69, 9.17) is 0 Å². The van der Waals surface area contributed by atoms with Gasteiger partial charge in [-0.3, -0.25) is 9.78 Å². The molecule has 1 amide bonds. The molecule has 0 radical (unpaired) electrons. The number of aromatic nitrogens is 1. The molecule has 21 heavy (non-hydrogen) atoms. The number of amides is 1. The summed E-state index contributed by atoms with van der Waals surface area (Å²) in [4.78, 5) is 19.0. The van der Waals surface area contributed by atoms with E-state index in [0.29, 0.717) is 30.8 Å². The highest BCUT2D eigenvalue weighted by atomic mass is 16.2. The van der Waals surface area contributed by atoms with Gasteiger partial charge >= 0.3 is 0 Å². The summed E-state index contributed by atoms with van der Waals surface area (Å²) >= 11 is 0. The Morgan fingerprint density at radius 2 is 2.24 bits per heavy atom. The molecule has 2 fully saturated rings. The van der Waals surface area contributed by atoms with Crippen LogP contribution in [0.4, 0.5) is 0 Å². The van der Waals surface area contributed by atoms with Gasteiger partial charge < -0.3 is 10.2 Å². The summed E-state index contributed by atoms with van der Waals surface area (Å²) in [5.41, 5.74) is 0.997. The maximum Gasteiger partial charge on any atom is 0.223 e. The number of hydrogen-bond donors (Lipinski definition) is 1. The van der Waals surface area contributed by atoms with Crippen molar-refractivity contribution in [2.24, 2.45) is 5.92 Å². The highest BCUT2D eigenvalue weighted by Gasteiger charge is 2.32. The maximum absolute atomic E-state index is 12.5. The van der Waals surface area contributed by atoms with Gasteiger partial charge in [-0.05, 0) is 63.2 Å². The first-order valence-corrected chi connectivity index (χ1v) is 8.23. The lowest BCUT2D eigenvalue weighted by Crippen LogP contribution is -2.34. The monoisotopic (exact) mass is 287 g/mol. The first kappa shape index (κ1) is 14.5. The van der Waals surface area contributed by atoms with Crippen LogP contribution in [0.2, 0.25) is 0 Å². The largest absolute Gasteiger partial charge is 0.334 e. The molecule has 0 spiro atoms. The van der Waals surface area contributed by atoms with E-state index in [2.05, 4.69) is 15.2 Å². The molecule has 1 unspecified atom stereocenters. The zero-order valence-electron chi connectivity index (χ0n) is 12.6. The molecular weight excluding hydrogens is 262 g/mol. The lowest BCUT2D eigenvalue weighted by Gasteiger charge is -2.25. The van der Waals surface area contributed by atoms with E-state index in [1.165, 1.54) is 12.8 Å². The van der Waals surface area contributed by atoms with Crippen molar-refractivity contribution in [1.29, 1.82) is 0 Å². The maximum atomic E-state index is 12.5. The van der Waals surface area contributed by atoms with Gasteiger partial charge in [0.1, 0.15) is 0 Å².